The van der Waals surface area contributed by atoms with Gasteiger partial charge in [0.15, 0.2) is 5.82 Å². The van der Waals surface area contributed by atoms with Crippen LogP contribution in [0.25, 0.3) is 0 Å². The summed E-state index contributed by atoms with van der Waals surface area (Å²) in [5.74, 6) is 0.170. The molecule has 2 heterocycles. The molecule has 110 valence electrons. The molecule has 2 aromatic rings. The molecule has 1 aromatic carbocycles. The van der Waals surface area contributed by atoms with Gasteiger partial charge in [0.05, 0.1) is 23.1 Å². The second-order valence-corrected chi connectivity index (χ2v) is 5.39. The van der Waals surface area contributed by atoms with Crippen LogP contribution < -0.4 is 9.80 Å². The van der Waals surface area contributed by atoms with Gasteiger partial charge < -0.3 is 9.80 Å². The molecule has 0 aliphatic carbocycles. The fourth-order valence-electron chi connectivity index (χ4n) is 2.54. The van der Waals surface area contributed by atoms with Crippen molar-refractivity contribution < 1.29 is 4.39 Å². The van der Waals surface area contributed by atoms with Crippen molar-refractivity contribution in [3.63, 3.8) is 0 Å². The molecule has 0 spiro atoms. The molecule has 1 aliphatic rings. The highest BCUT2D eigenvalue weighted by atomic mass is 35.5. The van der Waals surface area contributed by atoms with E-state index in [-0.39, 0.29) is 0 Å². The molecule has 0 saturated carbocycles. The second kappa shape index (κ2) is 6.26. The Morgan fingerprint density at radius 2 is 1.62 bits per heavy atom. The van der Waals surface area contributed by atoms with Gasteiger partial charge in [-0.05, 0) is 18.6 Å². The van der Waals surface area contributed by atoms with Gasteiger partial charge in [-0.25, -0.2) is 14.4 Å². The van der Waals surface area contributed by atoms with E-state index in [0.717, 1.165) is 43.3 Å². The molecule has 0 atom stereocenters. The van der Waals surface area contributed by atoms with E-state index in [1.165, 1.54) is 12.4 Å². The fraction of sp³-hybridized carbons (Fsp3) is 0.333. The predicted molar refractivity (Wildman–Crippen MR) is 82.5 cm³/mol. The molecule has 1 fully saturated rings. The van der Waals surface area contributed by atoms with Crippen molar-refractivity contribution >= 4 is 23.2 Å². The van der Waals surface area contributed by atoms with Gasteiger partial charge in [-0.1, -0.05) is 23.7 Å². The first-order chi connectivity index (χ1) is 10.2. The topological polar surface area (TPSA) is 32.3 Å². The molecule has 1 aliphatic heterocycles. The number of benzene rings is 1. The maximum Gasteiger partial charge on any atom is 0.225 e. The molecule has 0 radical (unpaired) electrons. The molecule has 0 N–H and O–H groups in total. The zero-order valence-electron chi connectivity index (χ0n) is 11.5. The normalized spacial score (nSPS) is 15.9. The summed E-state index contributed by atoms with van der Waals surface area (Å²) in [6, 6.07) is 7.87. The summed E-state index contributed by atoms with van der Waals surface area (Å²) >= 11 is 6.26. The Morgan fingerprint density at radius 3 is 2.38 bits per heavy atom. The Morgan fingerprint density at radius 1 is 0.952 bits per heavy atom. The lowest BCUT2D eigenvalue weighted by molar-refractivity contribution is 0.611. The minimum absolute atomic E-state index is 0.411. The maximum absolute atomic E-state index is 12.9. The van der Waals surface area contributed by atoms with Gasteiger partial charge in [-0.2, -0.15) is 0 Å². The Hall–Kier alpha value is -1.88. The monoisotopic (exact) mass is 306 g/mol. The van der Waals surface area contributed by atoms with Crippen LogP contribution in [0.15, 0.2) is 36.7 Å². The van der Waals surface area contributed by atoms with Crippen molar-refractivity contribution in [3.05, 3.63) is 47.5 Å². The number of rotatable bonds is 2. The molecular formula is C15H16ClFN4. The average molecular weight is 307 g/mol. The van der Waals surface area contributed by atoms with Crippen LogP contribution in [0.3, 0.4) is 0 Å². The molecule has 3 rings (SSSR count). The van der Waals surface area contributed by atoms with Crippen LogP contribution in [0.4, 0.5) is 16.0 Å². The van der Waals surface area contributed by atoms with E-state index in [4.69, 9.17) is 11.6 Å². The molecule has 1 saturated heterocycles. The lowest BCUT2D eigenvalue weighted by atomic mass is 10.2. The minimum Gasteiger partial charge on any atom is -0.368 e. The van der Waals surface area contributed by atoms with Crippen LogP contribution in [0, 0.1) is 5.82 Å². The van der Waals surface area contributed by atoms with Crippen molar-refractivity contribution in [1.29, 1.82) is 0 Å². The zero-order chi connectivity index (χ0) is 14.7. The number of hydrogen-bond acceptors (Lipinski definition) is 4. The Labute approximate surface area is 128 Å². The molecule has 21 heavy (non-hydrogen) atoms. The fourth-order valence-corrected chi connectivity index (χ4v) is 2.79. The third kappa shape index (κ3) is 3.24. The molecule has 4 nitrogen and oxygen atoms in total. The minimum atomic E-state index is -0.411. The third-order valence-corrected chi connectivity index (χ3v) is 3.90. The molecule has 0 unspecified atom stereocenters. The van der Waals surface area contributed by atoms with Gasteiger partial charge in [0.1, 0.15) is 0 Å². The lowest BCUT2D eigenvalue weighted by Gasteiger charge is -2.24. The number of halogens is 2. The smallest absolute Gasteiger partial charge is 0.225 e. The van der Waals surface area contributed by atoms with E-state index in [9.17, 15) is 4.39 Å². The first-order valence-electron chi connectivity index (χ1n) is 6.96. The predicted octanol–water partition coefficient (Wildman–Crippen LogP) is 2.99. The highest BCUT2D eigenvalue weighted by Crippen LogP contribution is 2.26. The largest absolute Gasteiger partial charge is 0.368 e. The van der Waals surface area contributed by atoms with Crippen LogP contribution >= 0.6 is 11.6 Å². The van der Waals surface area contributed by atoms with Crippen LogP contribution in [0.2, 0.25) is 5.02 Å². The summed E-state index contributed by atoms with van der Waals surface area (Å²) in [4.78, 5) is 12.5. The van der Waals surface area contributed by atoms with E-state index in [1.807, 2.05) is 24.3 Å². The first kappa shape index (κ1) is 14.1. The van der Waals surface area contributed by atoms with Crippen LogP contribution in [-0.2, 0) is 0 Å². The SMILES string of the molecule is Fc1cnc(N2CCCN(c3ccccc3Cl)CC2)nc1. The zero-order valence-corrected chi connectivity index (χ0v) is 12.3. The highest BCUT2D eigenvalue weighted by molar-refractivity contribution is 6.33. The Balaban J connectivity index is 1.72. The van der Waals surface area contributed by atoms with Gasteiger partial charge in [-0.3, -0.25) is 0 Å². The molecule has 6 heteroatoms. The number of anilines is 2. The summed E-state index contributed by atoms with van der Waals surface area (Å²) in [6.07, 6.45) is 3.39. The summed E-state index contributed by atoms with van der Waals surface area (Å²) in [6.45, 7) is 3.41. The van der Waals surface area contributed by atoms with Crippen molar-refractivity contribution in [3.8, 4) is 0 Å². The Kier molecular flexibility index (Phi) is 4.20. The van der Waals surface area contributed by atoms with Crippen LogP contribution in [-0.4, -0.2) is 36.1 Å². The van der Waals surface area contributed by atoms with Gasteiger partial charge in [0.25, 0.3) is 0 Å². The summed E-state index contributed by atoms with van der Waals surface area (Å²) < 4.78 is 12.9. The summed E-state index contributed by atoms with van der Waals surface area (Å²) in [5, 5.41) is 0.768. The molecule has 0 bridgehead atoms. The number of hydrogen-bond donors (Lipinski definition) is 0. The highest BCUT2D eigenvalue weighted by Gasteiger charge is 2.18. The van der Waals surface area contributed by atoms with Gasteiger partial charge in [-0.15, -0.1) is 0 Å². The van der Waals surface area contributed by atoms with Crippen molar-refractivity contribution in [2.75, 3.05) is 36.0 Å². The standard InChI is InChI=1S/C15H16ClFN4/c16-13-4-1-2-5-14(13)20-6-3-7-21(9-8-20)15-18-10-12(17)11-19-15/h1-2,4-5,10-11H,3,6-9H2. The average Bonchev–Trinajstić information content (AvgIpc) is 2.74. The van der Waals surface area contributed by atoms with Crippen LogP contribution in [0.5, 0.6) is 0 Å². The quantitative estimate of drug-likeness (QED) is 0.854. The van der Waals surface area contributed by atoms with Crippen molar-refractivity contribution in [1.82, 2.24) is 9.97 Å². The molecule has 0 amide bonds. The van der Waals surface area contributed by atoms with Gasteiger partial charge in [0.2, 0.25) is 5.95 Å². The summed E-state index contributed by atoms with van der Waals surface area (Å²) in [7, 11) is 0. The van der Waals surface area contributed by atoms with Gasteiger partial charge >= 0.3 is 0 Å². The van der Waals surface area contributed by atoms with E-state index in [2.05, 4.69) is 19.8 Å². The third-order valence-electron chi connectivity index (χ3n) is 3.58. The lowest BCUT2D eigenvalue weighted by Crippen LogP contribution is -2.31. The van der Waals surface area contributed by atoms with E-state index < -0.39 is 5.82 Å². The van der Waals surface area contributed by atoms with Crippen molar-refractivity contribution in [2.45, 2.75) is 6.42 Å². The van der Waals surface area contributed by atoms with E-state index in [1.54, 1.807) is 0 Å². The molecule has 1 aromatic heterocycles. The van der Waals surface area contributed by atoms with E-state index >= 15 is 0 Å². The van der Waals surface area contributed by atoms with Crippen molar-refractivity contribution in [2.24, 2.45) is 0 Å². The first-order valence-corrected chi connectivity index (χ1v) is 7.34. The number of para-hydroxylation sites is 1. The summed E-state index contributed by atoms with van der Waals surface area (Å²) in [5.41, 5.74) is 1.06. The second-order valence-electron chi connectivity index (χ2n) is 4.98. The van der Waals surface area contributed by atoms with Crippen LogP contribution in [0.1, 0.15) is 6.42 Å². The maximum atomic E-state index is 12.9. The Bertz CT molecular complexity index is 605. The number of aromatic nitrogens is 2. The number of nitrogens with zero attached hydrogens (tertiary/aromatic N) is 4. The van der Waals surface area contributed by atoms with Gasteiger partial charge in [0, 0.05) is 26.2 Å². The van der Waals surface area contributed by atoms with E-state index in [0.29, 0.717) is 5.95 Å². The molecular weight excluding hydrogens is 291 g/mol.